The SMILES string of the molecule is CC1=CC2=NCCCC=CCCC=CCCCC2=CCC1. The standard InChI is InChI=1S/C20H29N/c1-18-13-12-15-19-14-10-8-6-4-2-3-5-7-9-11-16-21-20(19)17-18/h4-7,15,17H,2-3,8-14,16H2,1H3. The molecule has 1 heteroatoms. The van der Waals surface area contributed by atoms with Crippen LogP contribution in [0.1, 0.15) is 64.7 Å². The van der Waals surface area contributed by atoms with E-state index >= 15 is 0 Å². The molecule has 2 rings (SSSR count). The highest BCUT2D eigenvalue weighted by Gasteiger charge is 2.08. The fourth-order valence-corrected chi connectivity index (χ4v) is 2.84. The first-order valence-electron chi connectivity index (χ1n) is 8.57. The highest BCUT2D eigenvalue weighted by Crippen LogP contribution is 2.20. The molecule has 114 valence electrons. The fourth-order valence-electron chi connectivity index (χ4n) is 2.84. The van der Waals surface area contributed by atoms with Gasteiger partial charge in [-0.1, -0.05) is 36.0 Å². The zero-order chi connectivity index (χ0) is 14.8. The predicted molar refractivity (Wildman–Crippen MR) is 94.0 cm³/mol. The van der Waals surface area contributed by atoms with E-state index in [1.54, 1.807) is 0 Å². The van der Waals surface area contributed by atoms with Crippen molar-refractivity contribution in [1.82, 2.24) is 0 Å². The van der Waals surface area contributed by atoms with Crippen molar-refractivity contribution in [2.75, 3.05) is 6.54 Å². The van der Waals surface area contributed by atoms with Gasteiger partial charge in [-0.25, -0.2) is 0 Å². The maximum Gasteiger partial charge on any atom is 0.0602 e. The fraction of sp³-hybridized carbons (Fsp3) is 0.550. The van der Waals surface area contributed by atoms with Gasteiger partial charge in [-0.15, -0.1) is 0 Å². The minimum atomic E-state index is 0.957. The Labute approximate surface area is 130 Å². The maximum absolute atomic E-state index is 4.89. The summed E-state index contributed by atoms with van der Waals surface area (Å²) < 4.78 is 0. The lowest BCUT2D eigenvalue weighted by Crippen LogP contribution is -2.01. The zero-order valence-corrected chi connectivity index (χ0v) is 13.5. The molecule has 0 aromatic heterocycles. The third-order valence-corrected chi connectivity index (χ3v) is 4.10. The molecule has 0 bridgehead atoms. The van der Waals surface area contributed by atoms with Gasteiger partial charge in [0.05, 0.1) is 5.71 Å². The van der Waals surface area contributed by atoms with Crippen LogP contribution in [-0.4, -0.2) is 12.3 Å². The molecule has 0 unspecified atom stereocenters. The van der Waals surface area contributed by atoms with E-state index in [0.29, 0.717) is 0 Å². The van der Waals surface area contributed by atoms with Crippen LogP contribution in [0, 0.1) is 0 Å². The smallest absolute Gasteiger partial charge is 0.0602 e. The van der Waals surface area contributed by atoms with E-state index in [2.05, 4.69) is 43.4 Å². The molecule has 0 N–H and O–H groups in total. The molecule has 0 saturated heterocycles. The molecule has 0 amide bonds. The van der Waals surface area contributed by atoms with Crippen molar-refractivity contribution < 1.29 is 0 Å². The number of nitrogens with zero attached hydrogens (tertiary/aromatic N) is 1. The summed E-state index contributed by atoms with van der Waals surface area (Å²) >= 11 is 0. The number of allylic oxidation sites excluding steroid dienone is 8. The second kappa shape index (κ2) is 9.55. The maximum atomic E-state index is 4.89. The monoisotopic (exact) mass is 283 g/mol. The second-order valence-corrected chi connectivity index (χ2v) is 6.08. The largest absolute Gasteiger partial charge is 0.285 e. The molecule has 0 saturated carbocycles. The van der Waals surface area contributed by atoms with E-state index < -0.39 is 0 Å². The minimum Gasteiger partial charge on any atom is -0.285 e. The Balaban J connectivity index is 2.07. The van der Waals surface area contributed by atoms with Crippen LogP contribution in [0.4, 0.5) is 0 Å². The van der Waals surface area contributed by atoms with Crippen molar-refractivity contribution in [3.05, 3.63) is 47.6 Å². The number of hydrogen-bond acceptors (Lipinski definition) is 1. The lowest BCUT2D eigenvalue weighted by Gasteiger charge is -2.07. The average molecular weight is 283 g/mol. The van der Waals surface area contributed by atoms with Crippen molar-refractivity contribution in [2.45, 2.75) is 64.7 Å². The van der Waals surface area contributed by atoms with Gasteiger partial charge < -0.3 is 0 Å². The summed E-state index contributed by atoms with van der Waals surface area (Å²) in [6.45, 7) is 3.19. The van der Waals surface area contributed by atoms with E-state index in [9.17, 15) is 0 Å². The lowest BCUT2D eigenvalue weighted by atomic mass is 10.0. The molecule has 2 aliphatic rings. The summed E-state index contributed by atoms with van der Waals surface area (Å²) in [6, 6.07) is 0. The predicted octanol–water partition coefficient (Wildman–Crippen LogP) is 5.95. The normalized spacial score (nSPS) is 22.0. The van der Waals surface area contributed by atoms with Crippen LogP contribution in [0.15, 0.2) is 52.6 Å². The number of hydrogen-bond donors (Lipinski definition) is 0. The Bertz CT molecular complexity index is 460. The zero-order valence-electron chi connectivity index (χ0n) is 13.5. The molecule has 1 aliphatic heterocycles. The van der Waals surface area contributed by atoms with Gasteiger partial charge in [0, 0.05) is 6.54 Å². The molecule has 1 aliphatic carbocycles. The molecular formula is C20H29N. The molecule has 0 aromatic carbocycles. The van der Waals surface area contributed by atoms with Crippen LogP contribution < -0.4 is 0 Å². The number of fused-ring (bicyclic) bond motifs is 1. The minimum absolute atomic E-state index is 0.957. The van der Waals surface area contributed by atoms with Crippen molar-refractivity contribution in [3.8, 4) is 0 Å². The Morgan fingerprint density at radius 3 is 2.33 bits per heavy atom. The van der Waals surface area contributed by atoms with Gasteiger partial charge in [-0.05, 0) is 76.4 Å². The lowest BCUT2D eigenvalue weighted by molar-refractivity contribution is 0.836. The Morgan fingerprint density at radius 2 is 1.52 bits per heavy atom. The molecule has 0 aromatic rings. The van der Waals surface area contributed by atoms with Crippen molar-refractivity contribution in [3.63, 3.8) is 0 Å². The van der Waals surface area contributed by atoms with E-state index in [-0.39, 0.29) is 0 Å². The van der Waals surface area contributed by atoms with Crippen LogP contribution in [0.5, 0.6) is 0 Å². The van der Waals surface area contributed by atoms with Gasteiger partial charge in [0.2, 0.25) is 0 Å². The second-order valence-electron chi connectivity index (χ2n) is 6.08. The molecule has 1 heterocycles. The number of aliphatic imine (C=N–C) groups is 1. The summed E-state index contributed by atoms with van der Waals surface area (Å²) in [4.78, 5) is 4.89. The highest BCUT2D eigenvalue weighted by molar-refractivity contribution is 6.09. The quantitative estimate of drug-likeness (QED) is 0.487. The van der Waals surface area contributed by atoms with E-state index in [1.165, 1.54) is 61.8 Å². The molecule has 0 fully saturated rings. The Morgan fingerprint density at radius 1 is 0.810 bits per heavy atom. The van der Waals surface area contributed by atoms with E-state index in [1.807, 2.05) is 0 Å². The van der Waals surface area contributed by atoms with E-state index in [4.69, 9.17) is 4.99 Å². The third kappa shape index (κ3) is 6.29. The van der Waals surface area contributed by atoms with Crippen molar-refractivity contribution >= 4 is 5.71 Å². The van der Waals surface area contributed by atoms with Crippen LogP contribution in [0.3, 0.4) is 0 Å². The van der Waals surface area contributed by atoms with Crippen LogP contribution in [0.2, 0.25) is 0 Å². The Hall–Kier alpha value is -1.37. The van der Waals surface area contributed by atoms with Gasteiger partial charge in [0.1, 0.15) is 0 Å². The third-order valence-electron chi connectivity index (χ3n) is 4.10. The first-order valence-corrected chi connectivity index (χ1v) is 8.57. The molecule has 21 heavy (non-hydrogen) atoms. The van der Waals surface area contributed by atoms with Crippen LogP contribution in [-0.2, 0) is 0 Å². The summed E-state index contributed by atoms with van der Waals surface area (Å²) in [5, 5.41) is 0. The topological polar surface area (TPSA) is 12.4 Å². The highest BCUT2D eigenvalue weighted by atomic mass is 14.7. The van der Waals surface area contributed by atoms with Crippen LogP contribution in [0.25, 0.3) is 0 Å². The van der Waals surface area contributed by atoms with Gasteiger partial charge in [0.15, 0.2) is 0 Å². The Kier molecular flexibility index (Phi) is 7.28. The summed E-state index contributed by atoms with van der Waals surface area (Å²) in [7, 11) is 0. The summed E-state index contributed by atoms with van der Waals surface area (Å²) in [5.41, 5.74) is 4.20. The molecule has 0 spiro atoms. The molecular weight excluding hydrogens is 254 g/mol. The van der Waals surface area contributed by atoms with Gasteiger partial charge in [-0.3, -0.25) is 4.99 Å². The molecule has 1 nitrogen and oxygen atoms in total. The van der Waals surface area contributed by atoms with Crippen molar-refractivity contribution in [1.29, 1.82) is 0 Å². The van der Waals surface area contributed by atoms with E-state index in [0.717, 1.165) is 19.4 Å². The molecule has 0 atom stereocenters. The van der Waals surface area contributed by atoms with Gasteiger partial charge >= 0.3 is 0 Å². The average Bonchev–Trinajstić information content (AvgIpc) is 2.65. The first-order chi connectivity index (χ1) is 10.4. The first kappa shape index (κ1) is 16.0. The van der Waals surface area contributed by atoms with Crippen LogP contribution >= 0.6 is 0 Å². The summed E-state index contributed by atoms with van der Waals surface area (Å²) in [5.74, 6) is 0. The molecule has 0 radical (unpaired) electrons. The number of rotatable bonds is 0. The van der Waals surface area contributed by atoms with Crippen molar-refractivity contribution in [2.24, 2.45) is 4.99 Å². The van der Waals surface area contributed by atoms with Gasteiger partial charge in [0.25, 0.3) is 0 Å². The van der Waals surface area contributed by atoms with Gasteiger partial charge in [-0.2, -0.15) is 0 Å². The summed E-state index contributed by atoms with van der Waals surface area (Å²) in [6.07, 6.45) is 24.7.